The molecule has 27 heavy (non-hydrogen) atoms. The van der Waals surface area contributed by atoms with Crippen molar-refractivity contribution in [2.24, 2.45) is 0 Å². The molecule has 7 heteroatoms. The van der Waals surface area contributed by atoms with Crippen molar-refractivity contribution in [1.29, 1.82) is 0 Å². The topological polar surface area (TPSA) is 62.7 Å². The Morgan fingerprint density at radius 3 is 2.59 bits per heavy atom. The summed E-state index contributed by atoms with van der Waals surface area (Å²) in [5.74, 6) is 0.267. The van der Waals surface area contributed by atoms with Crippen LogP contribution in [0.2, 0.25) is 0 Å². The predicted octanol–water partition coefficient (Wildman–Crippen LogP) is 2.44. The maximum atomic E-state index is 12.4. The lowest BCUT2D eigenvalue weighted by Gasteiger charge is -2.47. The number of unbranched alkanes of at least 4 members (excludes halogenated alkanes) is 1. The number of aromatic nitrogens is 1. The molecular formula is C20H33N3O3S. The number of morpholine rings is 1. The van der Waals surface area contributed by atoms with Crippen LogP contribution in [-0.4, -0.2) is 66.7 Å². The van der Waals surface area contributed by atoms with E-state index in [0.29, 0.717) is 19.7 Å². The molecular weight excluding hydrogens is 362 g/mol. The third-order valence-electron chi connectivity index (χ3n) is 5.79. The van der Waals surface area contributed by atoms with Gasteiger partial charge in [-0.15, -0.1) is 0 Å². The third-order valence-corrected chi connectivity index (χ3v) is 7.75. The van der Waals surface area contributed by atoms with Crippen LogP contribution < -0.4 is 0 Å². The van der Waals surface area contributed by atoms with Crippen molar-refractivity contribution in [2.45, 2.75) is 58.1 Å². The molecule has 0 aromatic carbocycles. The molecule has 0 amide bonds. The number of piperidine rings is 1. The van der Waals surface area contributed by atoms with Crippen LogP contribution in [0.3, 0.4) is 0 Å². The van der Waals surface area contributed by atoms with E-state index in [4.69, 9.17) is 4.74 Å². The van der Waals surface area contributed by atoms with E-state index < -0.39 is 10.0 Å². The average molecular weight is 396 g/mol. The standard InChI is InChI=1S/C20H33N3O3S/c1-3-5-14-27(24,25)23-10-8-20(9-11-23)17-22(12-13-26-20)16-19-7-6-18(4-2)15-21-19/h6-7,15H,3-5,8-14,16-17H2,1-2H3. The highest BCUT2D eigenvalue weighted by atomic mass is 32.2. The highest BCUT2D eigenvalue weighted by Gasteiger charge is 2.41. The van der Waals surface area contributed by atoms with Crippen molar-refractivity contribution in [3.8, 4) is 0 Å². The molecule has 0 radical (unpaired) electrons. The Morgan fingerprint density at radius 1 is 1.19 bits per heavy atom. The van der Waals surface area contributed by atoms with Crippen molar-refractivity contribution in [3.05, 3.63) is 29.6 Å². The molecule has 0 unspecified atom stereocenters. The summed E-state index contributed by atoms with van der Waals surface area (Å²) in [6, 6.07) is 4.27. The quantitative estimate of drug-likeness (QED) is 0.710. The van der Waals surface area contributed by atoms with E-state index >= 15 is 0 Å². The van der Waals surface area contributed by atoms with Crippen LogP contribution in [0.15, 0.2) is 18.3 Å². The summed E-state index contributed by atoms with van der Waals surface area (Å²) in [6.45, 7) is 8.59. The number of rotatable bonds is 7. The van der Waals surface area contributed by atoms with Gasteiger partial charge in [-0.25, -0.2) is 12.7 Å². The summed E-state index contributed by atoms with van der Waals surface area (Å²) in [6.07, 6.45) is 6.16. The van der Waals surface area contributed by atoms with Gasteiger partial charge in [-0.2, -0.15) is 0 Å². The molecule has 3 heterocycles. The summed E-state index contributed by atoms with van der Waals surface area (Å²) in [7, 11) is -3.12. The second-order valence-electron chi connectivity index (χ2n) is 7.82. The van der Waals surface area contributed by atoms with Crippen molar-refractivity contribution >= 4 is 10.0 Å². The van der Waals surface area contributed by atoms with E-state index in [-0.39, 0.29) is 11.4 Å². The molecule has 2 saturated heterocycles. The normalized spacial score (nSPS) is 21.6. The number of aryl methyl sites for hydroxylation is 1. The molecule has 0 aliphatic carbocycles. The number of ether oxygens (including phenoxy) is 1. The monoisotopic (exact) mass is 395 g/mol. The number of hydrogen-bond acceptors (Lipinski definition) is 5. The number of nitrogens with zero attached hydrogens (tertiary/aromatic N) is 3. The smallest absolute Gasteiger partial charge is 0.214 e. The largest absolute Gasteiger partial charge is 0.372 e. The van der Waals surface area contributed by atoms with Gasteiger partial charge < -0.3 is 4.74 Å². The fourth-order valence-electron chi connectivity index (χ4n) is 3.98. The van der Waals surface area contributed by atoms with Gasteiger partial charge in [-0.1, -0.05) is 26.3 Å². The van der Waals surface area contributed by atoms with Crippen molar-refractivity contribution < 1.29 is 13.2 Å². The Kier molecular flexibility index (Phi) is 6.89. The first-order chi connectivity index (χ1) is 13.0. The van der Waals surface area contributed by atoms with Crippen molar-refractivity contribution in [3.63, 3.8) is 0 Å². The summed E-state index contributed by atoms with van der Waals surface area (Å²) >= 11 is 0. The van der Waals surface area contributed by atoms with Gasteiger partial charge in [-0.3, -0.25) is 9.88 Å². The van der Waals surface area contributed by atoms with E-state index in [1.807, 2.05) is 13.1 Å². The lowest BCUT2D eigenvalue weighted by molar-refractivity contribution is -0.131. The molecule has 2 fully saturated rings. The molecule has 152 valence electrons. The van der Waals surface area contributed by atoms with Crippen LogP contribution in [0.4, 0.5) is 0 Å². The first kappa shape index (κ1) is 20.7. The zero-order valence-electron chi connectivity index (χ0n) is 16.7. The highest BCUT2D eigenvalue weighted by Crippen LogP contribution is 2.31. The minimum atomic E-state index is -3.12. The van der Waals surface area contributed by atoms with Crippen LogP contribution in [-0.2, 0) is 27.7 Å². The van der Waals surface area contributed by atoms with Crippen molar-refractivity contribution in [2.75, 3.05) is 38.5 Å². The lowest BCUT2D eigenvalue weighted by Crippen LogP contribution is -2.57. The first-order valence-electron chi connectivity index (χ1n) is 10.2. The van der Waals surface area contributed by atoms with Gasteiger partial charge in [0.15, 0.2) is 0 Å². The molecule has 0 bridgehead atoms. The molecule has 1 aromatic heterocycles. The molecule has 6 nitrogen and oxygen atoms in total. The van der Waals surface area contributed by atoms with Crippen LogP contribution in [0.1, 0.15) is 50.8 Å². The Hall–Kier alpha value is -1.02. The second-order valence-corrected chi connectivity index (χ2v) is 9.91. The van der Waals surface area contributed by atoms with E-state index in [0.717, 1.165) is 57.4 Å². The minimum absolute atomic E-state index is 0.210. The molecule has 3 rings (SSSR count). The highest BCUT2D eigenvalue weighted by molar-refractivity contribution is 7.89. The van der Waals surface area contributed by atoms with Crippen LogP contribution in [0.5, 0.6) is 0 Å². The summed E-state index contributed by atoms with van der Waals surface area (Å²) < 4.78 is 32.7. The number of sulfonamides is 1. The van der Waals surface area contributed by atoms with Gasteiger partial charge in [0.05, 0.1) is 23.7 Å². The Morgan fingerprint density at radius 2 is 1.96 bits per heavy atom. The summed E-state index contributed by atoms with van der Waals surface area (Å²) in [4.78, 5) is 6.98. The third kappa shape index (κ3) is 5.28. The lowest BCUT2D eigenvalue weighted by atomic mass is 9.90. The van der Waals surface area contributed by atoms with Gasteiger partial charge in [0.1, 0.15) is 0 Å². The Bertz CT molecular complexity index is 698. The zero-order chi connectivity index (χ0) is 19.3. The molecule has 0 atom stereocenters. The molecule has 0 N–H and O–H groups in total. The number of pyridine rings is 1. The van der Waals surface area contributed by atoms with Gasteiger partial charge >= 0.3 is 0 Å². The maximum Gasteiger partial charge on any atom is 0.214 e. The number of hydrogen-bond donors (Lipinski definition) is 0. The fraction of sp³-hybridized carbons (Fsp3) is 0.750. The molecule has 2 aliphatic rings. The van der Waals surface area contributed by atoms with E-state index in [1.54, 1.807) is 4.31 Å². The average Bonchev–Trinajstić information content (AvgIpc) is 2.67. The fourth-order valence-corrected chi connectivity index (χ4v) is 5.63. The summed E-state index contributed by atoms with van der Waals surface area (Å²) in [5, 5.41) is 0. The van der Waals surface area contributed by atoms with Gasteiger partial charge in [0, 0.05) is 38.9 Å². The Labute approximate surface area is 164 Å². The van der Waals surface area contributed by atoms with Crippen LogP contribution in [0, 0.1) is 0 Å². The van der Waals surface area contributed by atoms with Crippen LogP contribution >= 0.6 is 0 Å². The van der Waals surface area contributed by atoms with Gasteiger partial charge in [0.25, 0.3) is 0 Å². The van der Waals surface area contributed by atoms with E-state index in [9.17, 15) is 8.42 Å². The molecule has 1 spiro atoms. The Balaban J connectivity index is 1.56. The molecule has 1 aromatic rings. The maximum absolute atomic E-state index is 12.4. The summed E-state index contributed by atoms with van der Waals surface area (Å²) in [5.41, 5.74) is 2.14. The molecule has 0 saturated carbocycles. The van der Waals surface area contributed by atoms with Crippen molar-refractivity contribution in [1.82, 2.24) is 14.2 Å². The van der Waals surface area contributed by atoms with Gasteiger partial charge in [0.2, 0.25) is 10.0 Å². The second kappa shape index (κ2) is 8.99. The van der Waals surface area contributed by atoms with E-state index in [2.05, 4.69) is 28.9 Å². The van der Waals surface area contributed by atoms with Crippen LogP contribution in [0.25, 0.3) is 0 Å². The van der Waals surface area contributed by atoms with E-state index in [1.165, 1.54) is 5.56 Å². The SMILES string of the molecule is CCCCS(=O)(=O)N1CCC2(CC1)CN(Cc1ccc(CC)cn1)CCO2. The first-order valence-corrected chi connectivity index (χ1v) is 11.9. The molecule has 2 aliphatic heterocycles. The zero-order valence-corrected chi connectivity index (χ0v) is 17.5. The minimum Gasteiger partial charge on any atom is -0.372 e. The predicted molar refractivity (Wildman–Crippen MR) is 107 cm³/mol. The van der Waals surface area contributed by atoms with Gasteiger partial charge in [-0.05, 0) is 37.3 Å².